The fourth-order valence-corrected chi connectivity index (χ4v) is 2.88. The van der Waals surface area contributed by atoms with Gasteiger partial charge < -0.3 is 9.47 Å². The zero-order valence-electron chi connectivity index (χ0n) is 10.7. The van der Waals surface area contributed by atoms with E-state index in [4.69, 9.17) is 15.3 Å². The second-order valence-electron chi connectivity index (χ2n) is 5.30. The molecule has 3 atom stereocenters. The van der Waals surface area contributed by atoms with Crippen molar-refractivity contribution in [3.05, 3.63) is 0 Å². The fourth-order valence-electron chi connectivity index (χ4n) is 2.88. The molecular weight excluding hydrogens is 216 g/mol. The molecule has 0 spiro atoms. The minimum absolute atomic E-state index is 0.402. The minimum Gasteiger partial charge on any atom is -0.378 e. The van der Waals surface area contributed by atoms with Crippen molar-refractivity contribution >= 4 is 0 Å². The summed E-state index contributed by atoms with van der Waals surface area (Å²) < 4.78 is 11.3. The number of rotatable bonds is 7. The van der Waals surface area contributed by atoms with Crippen molar-refractivity contribution in [2.24, 2.45) is 5.84 Å². The van der Waals surface area contributed by atoms with Gasteiger partial charge in [0.25, 0.3) is 0 Å². The van der Waals surface area contributed by atoms with Crippen LogP contribution in [0.15, 0.2) is 0 Å². The Hall–Kier alpha value is -0.160. The minimum atomic E-state index is 0.402. The number of nitrogens with two attached hydrogens (primary N) is 1. The molecule has 2 aliphatic rings. The highest BCUT2D eigenvalue weighted by Crippen LogP contribution is 2.21. The van der Waals surface area contributed by atoms with Crippen LogP contribution in [0, 0.1) is 0 Å². The van der Waals surface area contributed by atoms with E-state index in [9.17, 15) is 0 Å². The van der Waals surface area contributed by atoms with Gasteiger partial charge in [0.05, 0.1) is 12.2 Å². The van der Waals surface area contributed by atoms with Gasteiger partial charge in [-0.2, -0.15) is 0 Å². The summed E-state index contributed by atoms with van der Waals surface area (Å²) in [5, 5.41) is 0. The number of hydrogen-bond donors (Lipinski definition) is 2. The maximum atomic E-state index is 5.64. The van der Waals surface area contributed by atoms with Crippen molar-refractivity contribution in [3.8, 4) is 0 Å². The topological polar surface area (TPSA) is 56.5 Å². The molecule has 0 aromatic heterocycles. The highest BCUT2D eigenvalue weighted by Gasteiger charge is 2.21. The van der Waals surface area contributed by atoms with Crippen LogP contribution in [0.5, 0.6) is 0 Å². The van der Waals surface area contributed by atoms with Crippen molar-refractivity contribution in [1.29, 1.82) is 0 Å². The molecule has 100 valence electrons. The van der Waals surface area contributed by atoms with Crippen molar-refractivity contribution in [2.45, 2.75) is 69.6 Å². The van der Waals surface area contributed by atoms with E-state index < -0.39 is 0 Å². The van der Waals surface area contributed by atoms with Gasteiger partial charge in [0.15, 0.2) is 0 Å². The average Bonchev–Trinajstić information content (AvgIpc) is 3.00. The summed E-state index contributed by atoms with van der Waals surface area (Å²) in [4.78, 5) is 0. The van der Waals surface area contributed by atoms with Gasteiger partial charge in [-0.1, -0.05) is 0 Å². The number of nitrogens with one attached hydrogen (secondary N) is 1. The molecule has 2 aliphatic heterocycles. The third kappa shape index (κ3) is 4.54. The molecule has 2 saturated heterocycles. The van der Waals surface area contributed by atoms with E-state index in [2.05, 4.69) is 5.43 Å². The molecule has 17 heavy (non-hydrogen) atoms. The molecular formula is C13H26N2O2. The first-order valence-corrected chi connectivity index (χ1v) is 7.08. The predicted octanol–water partition coefficient (Wildman–Crippen LogP) is 1.74. The molecule has 0 amide bonds. The summed E-state index contributed by atoms with van der Waals surface area (Å²) in [6.07, 6.45) is 10.4. The first-order valence-electron chi connectivity index (χ1n) is 7.08. The van der Waals surface area contributed by atoms with Gasteiger partial charge >= 0.3 is 0 Å². The molecule has 3 unspecified atom stereocenters. The van der Waals surface area contributed by atoms with Crippen molar-refractivity contribution in [1.82, 2.24) is 5.43 Å². The summed E-state index contributed by atoms with van der Waals surface area (Å²) >= 11 is 0. The largest absolute Gasteiger partial charge is 0.378 e. The zero-order valence-corrected chi connectivity index (χ0v) is 10.7. The van der Waals surface area contributed by atoms with Gasteiger partial charge in [-0.05, 0) is 51.4 Å². The molecule has 0 saturated carbocycles. The monoisotopic (exact) mass is 242 g/mol. The SMILES string of the molecule is NNC(CCCC1CCCO1)CC1CCCO1. The van der Waals surface area contributed by atoms with E-state index in [0.717, 1.165) is 26.1 Å². The van der Waals surface area contributed by atoms with Gasteiger partial charge in [-0.15, -0.1) is 0 Å². The van der Waals surface area contributed by atoms with Gasteiger partial charge in [0.2, 0.25) is 0 Å². The van der Waals surface area contributed by atoms with E-state index in [1.165, 1.54) is 38.5 Å². The first kappa shape index (κ1) is 13.3. The summed E-state index contributed by atoms with van der Waals surface area (Å²) in [7, 11) is 0. The third-order valence-electron chi connectivity index (χ3n) is 3.91. The van der Waals surface area contributed by atoms with Crippen molar-refractivity contribution < 1.29 is 9.47 Å². The maximum Gasteiger partial charge on any atom is 0.0591 e. The Balaban J connectivity index is 1.57. The molecule has 0 aliphatic carbocycles. The van der Waals surface area contributed by atoms with Crippen LogP contribution in [-0.4, -0.2) is 31.5 Å². The first-order chi connectivity index (χ1) is 8.38. The molecule has 2 heterocycles. The molecule has 3 N–H and O–H groups in total. The van der Waals surface area contributed by atoms with E-state index in [1.807, 2.05) is 0 Å². The van der Waals surface area contributed by atoms with Gasteiger partial charge in [0, 0.05) is 19.3 Å². The molecule has 4 heteroatoms. The normalized spacial score (nSPS) is 30.9. The Morgan fingerprint density at radius 2 is 1.82 bits per heavy atom. The second kappa shape index (κ2) is 7.31. The summed E-state index contributed by atoms with van der Waals surface area (Å²) in [6, 6.07) is 0.402. The Kier molecular flexibility index (Phi) is 5.71. The zero-order chi connectivity index (χ0) is 11.9. The lowest BCUT2D eigenvalue weighted by Gasteiger charge is -2.20. The molecule has 0 bridgehead atoms. The Morgan fingerprint density at radius 1 is 1.12 bits per heavy atom. The van der Waals surface area contributed by atoms with Crippen LogP contribution >= 0.6 is 0 Å². The highest BCUT2D eigenvalue weighted by atomic mass is 16.5. The van der Waals surface area contributed by atoms with Crippen LogP contribution in [0.2, 0.25) is 0 Å². The standard InChI is InChI=1S/C13H26N2O2/c14-15-11(10-13-7-3-9-17-13)4-1-5-12-6-2-8-16-12/h11-13,15H,1-10,14H2. The van der Waals surface area contributed by atoms with Crippen LogP contribution in [0.3, 0.4) is 0 Å². The summed E-state index contributed by atoms with van der Waals surface area (Å²) in [5.41, 5.74) is 2.93. The van der Waals surface area contributed by atoms with Crippen molar-refractivity contribution in [3.63, 3.8) is 0 Å². The van der Waals surface area contributed by atoms with Crippen molar-refractivity contribution in [2.75, 3.05) is 13.2 Å². The Labute approximate surface area is 104 Å². The van der Waals surface area contributed by atoms with E-state index >= 15 is 0 Å². The van der Waals surface area contributed by atoms with Crippen LogP contribution in [-0.2, 0) is 9.47 Å². The molecule has 0 aromatic carbocycles. The fraction of sp³-hybridized carbons (Fsp3) is 1.00. The lowest BCUT2D eigenvalue weighted by Crippen LogP contribution is -2.37. The lowest BCUT2D eigenvalue weighted by molar-refractivity contribution is 0.0886. The average molecular weight is 242 g/mol. The van der Waals surface area contributed by atoms with Crippen LogP contribution in [0.25, 0.3) is 0 Å². The number of hydrazine groups is 1. The molecule has 2 fully saturated rings. The number of ether oxygens (including phenoxy) is 2. The molecule has 4 nitrogen and oxygen atoms in total. The van der Waals surface area contributed by atoms with Gasteiger partial charge in [-0.25, -0.2) is 0 Å². The summed E-state index contributed by atoms with van der Waals surface area (Å²) in [5.74, 6) is 5.61. The maximum absolute atomic E-state index is 5.64. The van der Waals surface area contributed by atoms with E-state index in [-0.39, 0.29) is 0 Å². The molecule has 2 rings (SSSR count). The molecule has 0 aromatic rings. The molecule has 0 radical (unpaired) electrons. The lowest BCUT2D eigenvalue weighted by atomic mass is 10.00. The number of hydrogen-bond acceptors (Lipinski definition) is 4. The van der Waals surface area contributed by atoms with E-state index in [1.54, 1.807) is 0 Å². The quantitative estimate of drug-likeness (QED) is 0.527. The van der Waals surface area contributed by atoms with Crippen LogP contribution < -0.4 is 11.3 Å². The second-order valence-corrected chi connectivity index (χ2v) is 5.30. The summed E-state index contributed by atoms with van der Waals surface area (Å²) in [6.45, 7) is 1.89. The van der Waals surface area contributed by atoms with E-state index in [0.29, 0.717) is 18.2 Å². The highest BCUT2D eigenvalue weighted by molar-refractivity contribution is 4.74. The smallest absolute Gasteiger partial charge is 0.0591 e. The van der Waals surface area contributed by atoms with Gasteiger partial charge in [-0.3, -0.25) is 11.3 Å². The predicted molar refractivity (Wildman–Crippen MR) is 67.5 cm³/mol. The van der Waals surface area contributed by atoms with Crippen LogP contribution in [0.4, 0.5) is 0 Å². The van der Waals surface area contributed by atoms with Crippen LogP contribution in [0.1, 0.15) is 51.4 Å². The third-order valence-corrected chi connectivity index (χ3v) is 3.91. The Morgan fingerprint density at radius 3 is 2.41 bits per heavy atom. The Bertz CT molecular complexity index is 202. The van der Waals surface area contributed by atoms with Gasteiger partial charge in [0.1, 0.15) is 0 Å².